The summed E-state index contributed by atoms with van der Waals surface area (Å²) in [6, 6.07) is 0. The summed E-state index contributed by atoms with van der Waals surface area (Å²) < 4.78 is 27.8. The number of esters is 5. The largest absolute Gasteiger partial charge is 0.461 e. The molecule has 1 spiro atoms. The minimum Gasteiger partial charge on any atom is -0.461 e. The Hall–Kier alpha value is -3.25. The molecule has 2 saturated carbocycles. The predicted octanol–water partition coefficient (Wildman–Crippen LogP) is 0.953. The van der Waals surface area contributed by atoms with E-state index >= 15 is 0 Å². The van der Waals surface area contributed by atoms with Crippen molar-refractivity contribution in [3.05, 3.63) is 22.8 Å². The number of carbonyl (C=O) groups is 5. The Labute approximate surface area is 219 Å². The van der Waals surface area contributed by atoms with Gasteiger partial charge in [-0.05, 0) is 40.5 Å². The molecule has 1 heterocycles. The zero-order valence-electron chi connectivity index (χ0n) is 22.5. The van der Waals surface area contributed by atoms with Crippen molar-refractivity contribution in [2.75, 3.05) is 6.61 Å². The molecule has 38 heavy (non-hydrogen) atoms. The second-order valence-electron chi connectivity index (χ2n) is 10.4. The molecule has 2 fully saturated rings. The molecular weight excluding hydrogens is 504 g/mol. The van der Waals surface area contributed by atoms with E-state index in [0.29, 0.717) is 0 Å². The summed E-state index contributed by atoms with van der Waals surface area (Å²) in [7, 11) is 0. The lowest BCUT2D eigenvalue weighted by atomic mass is 9.51. The molecule has 3 rings (SSSR count). The highest BCUT2D eigenvalue weighted by Crippen LogP contribution is 2.63. The van der Waals surface area contributed by atoms with Crippen LogP contribution >= 0.6 is 0 Å². The first-order chi connectivity index (χ1) is 17.5. The quantitative estimate of drug-likeness (QED) is 0.279. The molecule has 2 aliphatic carbocycles. The van der Waals surface area contributed by atoms with Crippen LogP contribution in [0, 0.1) is 0 Å². The molecule has 3 aliphatic rings. The lowest BCUT2D eigenvalue weighted by Crippen LogP contribution is -2.82. The van der Waals surface area contributed by atoms with Gasteiger partial charge in [-0.15, -0.1) is 0 Å². The minimum atomic E-state index is -2.37. The van der Waals surface area contributed by atoms with Gasteiger partial charge in [-0.25, -0.2) is 9.59 Å². The molecule has 210 valence electrons. The maximum atomic E-state index is 13.4. The molecule has 0 amide bonds. The van der Waals surface area contributed by atoms with Crippen LogP contribution in [0.5, 0.6) is 0 Å². The number of aliphatic hydroxyl groups is 2. The topological polar surface area (TPSA) is 172 Å². The van der Waals surface area contributed by atoms with Gasteiger partial charge in [0.05, 0.1) is 5.57 Å². The molecule has 0 bridgehead atoms. The number of carbonyl (C=O) groups excluding carboxylic acids is 5. The fourth-order valence-electron chi connectivity index (χ4n) is 5.79. The molecule has 0 aromatic rings. The highest BCUT2D eigenvalue weighted by molar-refractivity contribution is 5.95. The Kier molecular flexibility index (Phi) is 7.56. The first-order valence-electron chi connectivity index (χ1n) is 12.2. The van der Waals surface area contributed by atoms with Crippen molar-refractivity contribution in [1.82, 2.24) is 0 Å². The number of hydrogen-bond donors (Lipinski definition) is 2. The lowest BCUT2D eigenvalue weighted by molar-refractivity contribution is -0.324. The van der Waals surface area contributed by atoms with E-state index in [-0.39, 0.29) is 36.0 Å². The summed E-state index contributed by atoms with van der Waals surface area (Å²) in [5, 5.41) is 23.8. The van der Waals surface area contributed by atoms with Crippen LogP contribution in [0.3, 0.4) is 0 Å². The van der Waals surface area contributed by atoms with Crippen molar-refractivity contribution in [3.8, 4) is 0 Å². The first kappa shape index (κ1) is 29.3. The highest BCUT2D eigenvalue weighted by Gasteiger charge is 2.81. The number of rotatable bonds is 6. The first-order valence-corrected chi connectivity index (χ1v) is 12.2. The van der Waals surface area contributed by atoms with Crippen LogP contribution in [0.25, 0.3) is 0 Å². The summed E-state index contributed by atoms with van der Waals surface area (Å²) >= 11 is 0. The van der Waals surface area contributed by atoms with E-state index in [2.05, 4.69) is 0 Å². The fourth-order valence-corrected chi connectivity index (χ4v) is 5.79. The van der Waals surface area contributed by atoms with E-state index in [1.165, 1.54) is 26.8 Å². The van der Waals surface area contributed by atoms with Crippen LogP contribution in [0.2, 0.25) is 0 Å². The molecule has 0 aromatic heterocycles. The Morgan fingerprint density at radius 3 is 2.16 bits per heavy atom. The Morgan fingerprint density at radius 2 is 1.63 bits per heavy atom. The van der Waals surface area contributed by atoms with E-state index < -0.39 is 71.1 Å². The smallest absolute Gasteiger partial charge is 0.338 e. The zero-order valence-corrected chi connectivity index (χ0v) is 22.5. The van der Waals surface area contributed by atoms with Crippen molar-refractivity contribution >= 4 is 29.8 Å². The number of hydrogen-bond acceptors (Lipinski definition) is 12. The van der Waals surface area contributed by atoms with Gasteiger partial charge in [0, 0.05) is 38.3 Å². The van der Waals surface area contributed by atoms with Crippen LogP contribution in [-0.4, -0.2) is 81.3 Å². The van der Waals surface area contributed by atoms with Crippen LogP contribution in [0.4, 0.5) is 0 Å². The molecule has 6 unspecified atom stereocenters. The maximum Gasteiger partial charge on any atom is 0.338 e. The van der Waals surface area contributed by atoms with E-state index in [1.807, 2.05) is 0 Å². The Morgan fingerprint density at radius 1 is 1.00 bits per heavy atom. The minimum absolute atomic E-state index is 0.139. The van der Waals surface area contributed by atoms with Gasteiger partial charge in [0.15, 0.2) is 11.7 Å². The van der Waals surface area contributed by atoms with Crippen LogP contribution in [0.15, 0.2) is 22.8 Å². The summed E-state index contributed by atoms with van der Waals surface area (Å²) in [6.45, 7) is 8.54. The predicted molar refractivity (Wildman–Crippen MR) is 127 cm³/mol. The molecule has 0 saturated heterocycles. The van der Waals surface area contributed by atoms with Gasteiger partial charge < -0.3 is 33.9 Å². The molecule has 0 aromatic carbocycles. The van der Waals surface area contributed by atoms with E-state index in [1.54, 1.807) is 6.92 Å². The Bertz CT molecular complexity index is 1130. The van der Waals surface area contributed by atoms with Gasteiger partial charge in [0.1, 0.15) is 23.9 Å². The normalized spacial score (nSPS) is 36.4. The lowest BCUT2D eigenvalue weighted by Gasteiger charge is -2.63. The summed E-state index contributed by atoms with van der Waals surface area (Å²) in [6.07, 6.45) is -2.34. The molecule has 2 N–H and O–H groups in total. The van der Waals surface area contributed by atoms with Crippen LogP contribution < -0.4 is 0 Å². The molecule has 0 radical (unpaired) electrons. The van der Waals surface area contributed by atoms with Crippen molar-refractivity contribution in [2.45, 2.75) is 102 Å². The average Bonchev–Trinajstić information content (AvgIpc) is 3.09. The third kappa shape index (κ3) is 4.49. The molecule has 1 aliphatic heterocycles. The third-order valence-electron chi connectivity index (χ3n) is 7.62. The second kappa shape index (κ2) is 9.81. The van der Waals surface area contributed by atoms with E-state index in [9.17, 15) is 34.2 Å². The van der Waals surface area contributed by atoms with Gasteiger partial charge in [0.25, 0.3) is 0 Å². The highest BCUT2D eigenvalue weighted by atomic mass is 16.6. The Balaban J connectivity index is 2.41. The summed E-state index contributed by atoms with van der Waals surface area (Å²) in [4.78, 5) is 62.4. The second-order valence-corrected chi connectivity index (χ2v) is 10.4. The van der Waals surface area contributed by atoms with Gasteiger partial charge in [0.2, 0.25) is 5.60 Å². The van der Waals surface area contributed by atoms with Crippen LogP contribution in [-0.2, 0) is 47.7 Å². The van der Waals surface area contributed by atoms with Crippen molar-refractivity contribution in [1.29, 1.82) is 0 Å². The van der Waals surface area contributed by atoms with Crippen LogP contribution in [0.1, 0.15) is 67.7 Å². The molecule has 12 heteroatoms. The monoisotopic (exact) mass is 538 g/mol. The standard InChI is InChI=1S/C26H34O12/c1-8-13(2)20(30)36-18-11-24(7,37-16(5)29)25(33)10-9-23(6,32)22(35-15(4)28)26(25)19(18)17(21(31)38-26)12-34-14(3)27/h8,18,22,32-33H,9-12H2,1-7H3. The number of ether oxygens (including phenoxy) is 5. The van der Waals surface area contributed by atoms with Gasteiger partial charge in [-0.1, -0.05) is 6.08 Å². The average molecular weight is 539 g/mol. The molecular formula is C26H34O12. The van der Waals surface area contributed by atoms with E-state index in [0.717, 1.165) is 20.8 Å². The maximum absolute atomic E-state index is 13.4. The van der Waals surface area contributed by atoms with Gasteiger partial charge in [-0.2, -0.15) is 0 Å². The summed E-state index contributed by atoms with van der Waals surface area (Å²) in [5.74, 6) is -4.22. The van der Waals surface area contributed by atoms with Crippen molar-refractivity contribution < 1.29 is 57.9 Å². The van der Waals surface area contributed by atoms with Gasteiger partial charge >= 0.3 is 29.8 Å². The molecule has 6 atom stereocenters. The van der Waals surface area contributed by atoms with E-state index in [4.69, 9.17) is 23.7 Å². The zero-order chi connectivity index (χ0) is 28.8. The SMILES string of the molecule is CC=C(C)C(=O)OC1CC(C)(OC(C)=O)C2(O)CCC(C)(O)C(OC(C)=O)C23OC(=O)C(COC(C)=O)=C13. The van der Waals surface area contributed by atoms with Crippen molar-refractivity contribution in [2.24, 2.45) is 0 Å². The number of allylic oxidation sites excluding steroid dienone is 1. The summed E-state index contributed by atoms with van der Waals surface area (Å²) in [5.41, 5.74) is -8.53. The third-order valence-corrected chi connectivity index (χ3v) is 7.62. The van der Waals surface area contributed by atoms with Gasteiger partial charge in [-0.3, -0.25) is 14.4 Å². The fraction of sp³-hybridized carbons (Fsp3) is 0.654. The van der Waals surface area contributed by atoms with Crippen molar-refractivity contribution in [3.63, 3.8) is 0 Å². The molecule has 12 nitrogen and oxygen atoms in total.